The summed E-state index contributed by atoms with van der Waals surface area (Å²) in [5.41, 5.74) is 1.61. The van der Waals surface area contributed by atoms with E-state index >= 15 is 0 Å². The van der Waals surface area contributed by atoms with Crippen molar-refractivity contribution in [3.63, 3.8) is 0 Å². The van der Waals surface area contributed by atoms with E-state index in [2.05, 4.69) is 10.6 Å². The van der Waals surface area contributed by atoms with Crippen LogP contribution in [-0.4, -0.2) is 32.8 Å². The first kappa shape index (κ1) is 20.1. The van der Waals surface area contributed by atoms with Gasteiger partial charge in [-0.15, -0.1) is 0 Å². The predicted molar refractivity (Wildman–Crippen MR) is 103 cm³/mol. The van der Waals surface area contributed by atoms with Crippen molar-refractivity contribution in [1.29, 1.82) is 0 Å². The summed E-state index contributed by atoms with van der Waals surface area (Å²) < 4.78 is 16.0. The van der Waals surface area contributed by atoms with Gasteiger partial charge in [-0.05, 0) is 37.6 Å². The molecule has 2 rings (SSSR count). The van der Waals surface area contributed by atoms with Gasteiger partial charge in [0.15, 0.2) is 0 Å². The summed E-state index contributed by atoms with van der Waals surface area (Å²) in [6, 6.07) is 9.49. The molecule has 0 saturated carbocycles. The topological polar surface area (TPSA) is 85.9 Å². The van der Waals surface area contributed by atoms with Gasteiger partial charge in [-0.25, -0.2) is 9.59 Å². The monoisotopic (exact) mass is 372 g/mol. The predicted octanol–water partition coefficient (Wildman–Crippen LogP) is 3.76. The third-order valence-corrected chi connectivity index (χ3v) is 3.83. The number of ether oxygens (including phenoxy) is 3. The van der Waals surface area contributed by atoms with Gasteiger partial charge in [0.1, 0.15) is 17.2 Å². The zero-order chi connectivity index (χ0) is 19.8. The number of carbonyl (C=O) groups is 2. The fraction of sp³-hybridized carbons (Fsp3) is 0.300. The molecule has 0 unspecified atom stereocenters. The number of carbonyl (C=O) groups excluding carboxylic acids is 2. The van der Waals surface area contributed by atoms with E-state index in [1.807, 2.05) is 13.8 Å². The third kappa shape index (κ3) is 5.37. The highest BCUT2D eigenvalue weighted by atomic mass is 16.5. The van der Waals surface area contributed by atoms with Gasteiger partial charge in [-0.1, -0.05) is 13.0 Å². The molecule has 2 amide bonds. The molecule has 7 heteroatoms. The molecule has 2 aromatic carbocycles. The summed E-state index contributed by atoms with van der Waals surface area (Å²) in [5, 5.41) is 5.40. The smallest absolute Gasteiger partial charge is 0.343 e. The van der Waals surface area contributed by atoms with Crippen LogP contribution in [0.25, 0.3) is 0 Å². The first-order chi connectivity index (χ1) is 13.0. The maximum Gasteiger partial charge on any atom is 0.343 e. The maximum absolute atomic E-state index is 12.5. The zero-order valence-electron chi connectivity index (χ0n) is 15.9. The Balaban J connectivity index is 2.14. The highest BCUT2D eigenvalue weighted by molar-refractivity contribution is 5.93. The second kappa shape index (κ2) is 9.47. The standard InChI is InChI=1S/C20H24N2O5/c1-5-9-21-20(24)22-15-7-6-8-16(12-15)27-19(23)14-10-17(25-3)13(2)18(11-14)26-4/h6-8,10-12H,5,9H2,1-4H3,(H2,21,22,24). The average molecular weight is 372 g/mol. The van der Waals surface area contributed by atoms with Crippen molar-refractivity contribution < 1.29 is 23.8 Å². The van der Waals surface area contributed by atoms with Crippen LogP contribution in [0.2, 0.25) is 0 Å². The van der Waals surface area contributed by atoms with Crippen molar-refractivity contribution in [2.45, 2.75) is 20.3 Å². The number of esters is 1. The van der Waals surface area contributed by atoms with Gasteiger partial charge in [0.05, 0.1) is 19.8 Å². The normalized spacial score (nSPS) is 10.1. The molecule has 0 bridgehead atoms. The number of benzene rings is 2. The number of anilines is 1. The Morgan fingerprint density at radius 3 is 2.30 bits per heavy atom. The SMILES string of the molecule is CCCNC(=O)Nc1cccc(OC(=O)c2cc(OC)c(C)c(OC)c2)c1. The van der Waals surface area contributed by atoms with Crippen molar-refractivity contribution in [3.05, 3.63) is 47.5 Å². The molecule has 0 spiro atoms. The summed E-state index contributed by atoms with van der Waals surface area (Å²) in [7, 11) is 3.05. The lowest BCUT2D eigenvalue weighted by Crippen LogP contribution is -2.29. The van der Waals surface area contributed by atoms with Crippen LogP contribution in [0.15, 0.2) is 36.4 Å². The summed E-state index contributed by atoms with van der Waals surface area (Å²) in [6.07, 6.45) is 0.842. The Morgan fingerprint density at radius 1 is 1.04 bits per heavy atom. The number of hydrogen-bond donors (Lipinski definition) is 2. The molecule has 0 atom stereocenters. The molecule has 27 heavy (non-hydrogen) atoms. The Kier molecular flexibility index (Phi) is 7.05. The van der Waals surface area contributed by atoms with Gasteiger partial charge in [-0.3, -0.25) is 0 Å². The molecule has 2 aromatic rings. The van der Waals surface area contributed by atoms with Gasteiger partial charge in [-0.2, -0.15) is 0 Å². The van der Waals surface area contributed by atoms with Crippen LogP contribution in [0.1, 0.15) is 29.3 Å². The minimum Gasteiger partial charge on any atom is -0.496 e. The van der Waals surface area contributed by atoms with E-state index in [1.165, 1.54) is 14.2 Å². The van der Waals surface area contributed by atoms with Crippen LogP contribution in [0.4, 0.5) is 10.5 Å². The summed E-state index contributed by atoms with van der Waals surface area (Å²) in [5.74, 6) is 0.819. The first-order valence-corrected chi connectivity index (χ1v) is 8.58. The van der Waals surface area contributed by atoms with Crippen LogP contribution >= 0.6 is 0 Å². The molecule has 0 aliphatic rings. The zero-order valence-corrected chi connectivity index (χ0v) is 15.9. The molecular formula is C20H24N2O5. The second-order valence-corrected chi connectivity index (χ2v) is 5.80. The third-order valence-electron chi connectivity index (χ3n) is 3.83. The van der Waals surface area contributed by atoms with Gasteiger partial charge >= 0.3 is 12.0 Å². The lowest BCUT2D eigenvalue weighted by atomic mass is 10.1. The average Bonchev–Trinajstić information content (AvgIpc) is 2.66. The molecule has 7 nitrogen and oxygen atoms in total. The fourth-order valence-corrected chi connectivity index (χ4v) is 2.42. The van der Waals surface area contributed by atoms with Gasteiger partial charge < -0.3 is 24.8 Å². The lowest BCUT2D eigenvalue weighted by Gasteiger charge is -2.13. The Morgan fingerprint density at radius 2 is 1.70 bits per heavy atom. The maximum atomic E-state index is 12.5. The molecule has 0 aliphatic carbocycles. The molecule has 0 fully saturated rings. The van der Waals surface area contributed by atoms with Crippen LogP contribution < -0.4 is 24.8 Å². The second-order valence-electron chi connectivity index (χ2n) is 5.80. The van der Waals surface area contributed by atoms with E-state index in [-0.39, 0.29) is 6.03 Å². The Labute approximate surface area is 158 Å². The van der Waals surface area contributed by atoms with Gasteiger partial charge in [0, 0.05) is 23.9 Å². The number of hydrogen-bond acceptors (Lipinski definition) is 5. The van der Waals surface area contributed by atoms with E-state index in [9.17, 15) is 9.59 Å². The lowest BCUT2D eigenvalue weighted by molar-refractivity contribution is 0.0734. The van der Waals surface area contributed by atoms with Crippen molar-refractivity contribution >= 4 is 17.7 Å². The van der Waals surface area contributed by atoms with Gasteiger partial charge in [0.25, 0.3) is 0 Å². The molecule has 0 aromatic heterocycles. The summed E-state index contributed by atoms with van der Waals surface area (Å²) in [4.78, 5) is 24.2. The van der Waals surface area contributed by atoms with Crippen molar-refractivity contribution in [2.75, 3.05) is 26.1 Å². The number of urea groups is 1. The summed E-state index contributed by atoms with van der Waals surface area (Å²) in [6.45, 7) is 4.39. The quantitative estimate of drug-likeness (QED) is 0.571. The molecule has 0 aliphatic heterocycles. The number of rotatable bonds is 7. The first-order valence-electron chi connectivity index (χ1n) is 8.58. The number of amides is 2. The number of nitrogens with one attached hydrogen (secondary N) is 2. The molecule has 2 N–H and O–H groups in total. The minimum atomic E-state index is -0.556. The van der Waals surface area contributed by atoms with Crippen LogP contribution in [0, 0.1) is 6.92 Å². The summed E-state index contributed by atoms with van der Waals surface area (Å²) >= 11 is 0. The van der Waals surface area contributed by atoms with Crippen LogP contribution in [0.5, 0.6) is 17.2 Å². The number of methoxy groups -OCH3 is 2. The Hall–Kier alpha value is -3.22. The fourth-order valence-electron chi connectivity index (χ4n) is 2.42. The minimum absolute atomic E-state index is 0.299. The van der Waals surface area contributed by atoms with Crippen LogP contribution in [0.3, 0.4) is 0 Å². The molecule has 0 saturated heterocycles. The highest BCUT2D eigenvalue weighted by Gasteiger charge is 2.15. The van der Waals surface area contributed by atoms with E-state index in [4.69, 9.17) is 14.2 Å². The van der Waals surface area contributed by atoms with E-state index in [0.29, 0.717) is 35.0 Å². The van der Waals surface area contributed by atoms with Gasteiger partial charge in [0.2, 0.25) is 0 Å². The van der Waals surface area contributed by atoms with Crippen molar-refractivity contribution in [1.82, 2.24) is 5.32 Å². The molecule has 0 radical (unpaired) electrons. The van der Waals surface area contributed by atoms with Crippen molar-refractivity contribution in [3.8, 4) is 17.2 Å². The van der Waals surface area contributed by atoms with E-state index in [0.717, 1.165) is 12.0 Å². The molecular weight excluding hydrogens is 348 g/mol. The highest BCUT2D eigenvalue weighted by Crippen LogP contribution is 2.30. The largest absolute Gasteiger partial charge is 0.496 e. The van der Waals surface area contributed by atoms with Crippen molar-refractivity contribution in [2.24, 2.45) is 0 Å². The molecule has 0 heterocycles. The van der Waals surface area contributed by atoms with E-state index in [1.54, 1.807) is 36.4 Å². The van der Waals surface area contributed by atoms with Crippen LogP contribution in [-0.2, 0) is 0 Å². The Bertz CT molecular complexity index is 795. The van der Waals surface area contributed by atoms with E-state index < -0.39 is 5.97 Å². The molecule has 144 valence electrons.